The number of aromatic nitrogens is 4. The molecule has 0 aliphatic carbocycles. The third-order valence-corrected chi connectivity index (χ3v) is 7.15. The number of fused-ring (bicyclic) bond motifs is 3. The normalized spacial score (nSPS) is 15.2. The van der Waals surface area contributed by atoms with E-state index in [1.165, 1.54) is 11.1 Å². The van der Waals surface area contributed by atoms with Crippen LogP contribution in [0.15, 0.2) is 78.9 Å². The Morgan fingerprint density at radius 3 is 2.41 bits per heavy atom. The summed E-state index contributed by atoms with van der Waals surface area (Å²) >= 11 is 1.89. The average Bonchev–Trinajstić information content (AvgIpc) is 3.51. The van der Waals surface area contributed by atoms with Gasteiger partial charge in [0, 0.05) is 5.56 Å². The van der Waals surface area contributed by atoms with Crippen molar-refractivity contribution in [3.8, 4) is 22.7 Å². The van der Waals surface area contributed by atoms with Crippen LogP contribution in [0.5, 0.6) is 5.75 Å². The summed E-state index contributed by atoms with van der Waals surface area (Å²) in [6.45, 7) is 2.11. The Labute approximate surface area is 190 Å². The van der Waals surface area contributed by atoms with E-state index in [4.69, 9.17) is 14.8 Å². The molecule has 0 amide bonds. The van der Waals surface area contributed by atoms with E-state index in [-0.39, 0.29) is 5.37 Å². The Kier molecular flexibility index (Phi) is 4.54. The maximum Gasteiger partial charge on any atom is 0.182 e. The zero-order chi connectivity index (χ0) is 21.7. The Morgan fingerprint density at radius 1 is 0.938 bits per heavy atom. The summed E-state index contributed by atoms with van der Waals surface area (Å²) in [4.78, 5) is 5.06. The molecule has 2 aromatic heterocycles. The van der Waals surface area contributed by atoms with Gasteiger partial charge in [-0.15, -0.1) is 11.8 Å². The van der Waals surface area contributed by atoms with Crippen LogP contribution in [0.4, 0.5) is 0 Å². The predicted molar refractivity (Wildman–Crippen MR) is 129 cm³/mol. The van der Waals surface area contributed by atoms with Crippen LogP contribution in [0, 0.1) is 6.92 Å². The molecule has 0 spiro atoms. The van der Waals surface area contributed by atoms with Gasteiger partial charge >= 0.3 is 0 Å². The Hall–Kier alpha value is -3.51. The highest BCUT2D eigenvalue weighted by Gasteiger charge is 2.32. The number of imidazole rings is 1. The summed E-state index contributed by atoms with van der Waals surface area (Å²) in [5.74, 6) is 2.82. The van der Waals surface area contributed by atoms with Crippen LogP contribution in [-0.2, 0) is 5.75 Å². The molecule has 5 nitrogen and oxygen atoms in total. The van der Waals surface area contributed by atoms with Crippen molar-refractivity contribution in [1.29, 1.82) is 0 Å². The van der Waals surface area contributed by atoms with Gasteiger partial charge < -0.3 is 9.30 Å². The third-order valence-electron chi connectivity index (χ3n) is 5.92. The minimum Gasteiger partial charge on any atom is -0.497 e. The van der Waals surface area contributed by atoms with Crippen molar-refractivity contribution in [2.45, 2.75) is 18.1 Å². The zero-order valence-electron chi connectivity index (χ0n) is 17.9. The fourth-order valence-corrected chi connectivity index (χ4v) is 5.52. The van der Waals surface area contributed by atoms with Crippen molar-refractivity contribution >= 4 is 22.9 Å². The smallest absolute Gasteiger partial charge is 0.182 e. The van der Waals surface area contributed by atoms with E-state index in [0.29, 0.717) is 0 Å². The molecule has 3 aromatic carbocycles. The topological polar surface area (TPSA) is 44.9 Å². The number of nitrogens with zero attached hydrogens (tertiary/aromatic N) is 4. The molecule has 5 aromatic rings. The molecule has 0 bridgehead atoms. The number of hydrogen-bond donors (Lipinski definition) is 0. The van der Waals surface area contributed by atoms with Crippen molar-refractivity contribution in [3.05, 3.63) is 95.8 Å². The Bertz CT molecular complexity index is 1400. The lowest BCUT2D eigenvalue weighted by atomic mass is 10.1. The van der Waals surface area contributed by atoms with Crippen molar-refractivity contribution in [2.24, 2.45) is 0 Å². The summed E-state index contributed by atoms with van der Waals surface area (Å²) in [6.07, 6.45) is 0. The quantitative estimate of drug-likeness (QED) is 0.345. The Balaban J connectivity index is 1.59. The van der Waals surface area contributed by atoms with Gasteiger partial charge in [-0.05, 0) is 36.8 Å². The van der Waals surface area contributed by atoms with Crippen molar-refractivity contribution < 1.29 is 4.74 Å². The molecule has 32 heavy (non-hydrogen) atoms. The molecule has 1 unspecified atom stereocenters. The highest BCUT2D eigenvalue weighted by molar-refractivity contribution is 7.99. The molecule has 6 rings (SSSR count). The number of aryl methyl sites for hydroxylation is 1. The molecule has 0 radical (unpaired) electrons. The Morgan fingerprint density at radius 2 is 1.69 bits per heavy atom. The SMILES string of the molecule is COc1ccc(C2SCc3nc4c(c(-c5ccc(C)cc5)nn4-c4ccccc4)n32)cc1. The molecule has 1 aliphatic heterocycles. The number of rotatable bonds is 4. The van der Waals surface area contributed by atoms with E-state index in [1.807, 2.05) is 46.8 Å². The van der Waals surface area contributed by atoms with Crippen LogP contribution in [-0.4, -0.2) is 26.4 Å². The first-order valence-electron chi connectivity index (χ1n) is 10.6. The molecule has 3 heterocycles. The maximum atomic E-state index is 5.36. The molecular weight excluding hydrogens is 416 g/mol. The van der Waals surface area contributed by atoms with Gasteiger partial charge in [0.1, 0.15) is 28.2 Å². The van der Waals surface area contributed by atoms with E-state index in [2.05, 4.69) is 60.0 Å². The molecule has 0 saturated heterocycles. The van der Waals surface area contributed by atoms with E-state index in [1.54, 1.807) is 7.11 Å². The molecule has 0 saturated carbocycles. The van der Waals surface area contributed by atoms with E-state index in [9.17, 15) is 0 Å². The second-order valence-corrected chi connectivity index (χ2v) is 9.04. The minimum atomic E-state index is 0.151. The first kappa shape index (κ1) is 19.2. The fourth-order valence-electron chi connectivity index (χ4n) is 4.28. The van der Waals surface area contributed by atoms with E-state index < -0.39 is 0 Å². The van der Waals surface area contributed by atoms with Crippen LogP contribution in [0.3, 0.4) is 0 Å². The highest BCUT2D eigenvalue weighted by atomic mass is 32.2. The lowest BCUT2D eigenvalue weighted by Gasteiger charge is -2.14. The maximum absolute atomic E-state index is 5.36. The number of methoxy groups -OCH3 is 1. The monoisotopic (exact) mass is 438 g/mol. The molecule has 0 N–H and O–H groups in total. The minimum absolute atomic E-state index is 0.151. The molecular formula is C26H22N4OS. The summed E-state index contributed by atoms with van der Waals surface area (Å²) in [7, 11) is 1.70. The lowest BCUT2D eigenvalue weighted by molar-refractivity contribution is 0.414. The van der Waals surface area contributed by atoms with Gasteiger partial charge in [-0.3, -0.25) is 0 Å². The molecule has 6 heteroatoms. The van der Waals surface area contributed by atoms with Gasteiger partial charge in [0.05, 0.1) is 18.6 Å². The standard InChI is InChI=1S/C26H22N4OS/c1-17-8-10-18(11-9-17)23-24-25(30(28-23)20-6-4-3-5-7-20)27-22-16-32-26(29(22)24)19-12-14-21(31-2)15-13-19/h3-15,26H,16H2,1-2H3. The van der Waals surface area contributed by atoms with Gasteiger partial charge in [0.25, 0.3) is 0 Å². The van der Waals surface area contributed by atoms with Gasteiger partial charge in [0.2, 0.25) is 0 Å². The van der Waals surface area contributed by atoms with E-state index >= 15 is 0 Å². The van der Waals surface area contributed by atoms with Crippen molar-refractivity contribution in [3.63, 3.8) is 0 Å². The van der Waals surface area contributed by atoms with E-state index in [0.717, 1.165) is 45.4 Å². The summed E-state index contributed by atoms with van der Waals surface area (Å²) in [5.41, 5.74) is 7.53. The molecule has 158 valence electrons. The summed E-state index contributed by atoms with van der Waals surface area (Å²) in [5, 5.41) is 5.21. The first-order valence-corrected chi connectivity index (χ1v) is 11.7. The van der Waals surface area contributed by atoms with Crippen LogP contribution in [0.2, 0.25) is 0 Å². The van der Waals surface area contributed by atoms with Gasteiger partial charge in [-0.25, -0.2) is 9.67 Å². The first-order chi connectivity index (χ1) is 15.7. The summed E-state index contributed by atoms with van der Waals surface area (Å²) < 4.78 is 9.70. The number of hydrogen-bond acceptors (Lipinski definition) is 4. The second-order valence-electron chi connectivity index (χ2n) is 7.97. The van der Waals surface area contributed by atoms with Gasteiger partial charge in [-0.1, -0.05) is 60.2 Å². The number of benzene rings is 3. The zero-order valence-corrected chi connectivity index (χ0v) is 18.7. The largest absolute Gasteiger partial charge is 0.497 e. The number of ether oxygens (including phenoxy) is 1. The fraction of sp³-hybridized carbons (Fsp3) is 0.154. The van der Waals surface area contributed by atoms with Crippen LogP contribution in [0.25, 0.3) is 28.1 Å². The van der Waals surface area contributed by atoms with Gasteiger partial charge in [-0.2, -0.15) is 5.10 Å². The van der Waals surface area contributed by atoms with Crippen LogP contribution in [0.1, 0.15) is 22.3 Å². The predicted octanol–water partition coefficient (Wildman–Crippen LogP) is 6.00. The van der Waals surface area contributed by atoms with Crippen molar-refractivity contribution in [2.75, 3.05) is 7.11 Å². The molecule has 1 atom stereocenters. The summed E-state index contributed by atoms with van der Waals surface area (Å²) in [6, 6.07) is 27.2. The average molecular weight is 439 g/mol. The van der Waals surface area contributed by atoms with Crippen LogP contribution >= 0.6 is 11.8 Å². The third kappa shape index (κ3) is 3.02. The van der Waals surface area contributed by atoms with Crippen LogP contribution < -0.4 is 4.74 Å². The lowest BCUT2D eigenvalue weighted by Crippen LogP contribution is -2.04. The van der Waals surface area contributed by atoms with Gasteiger partial charge in [0.15, 0.2) is 5.65 Å². The number of thioether (sulfide) groups is 1. The molecule has 1 aliphatic rings. The van der Waals surface area contributed by atoms with Crippen molar-refractivity contribution in [1.82, 2.24) is 19.3 Å². The number of para-hydroxylation sites is 1. The highest BCUT2D eigenvalue weighted by Crippen LogP contribution is 2.45. The molecule has 0 fully saturated rings. The second kappa shape index (κ2) is 7.57.